The third-order valence-corrected chi connectivity index (χ3v) is 2.33. The highest BCUT2D eigenvalue weighted by Gasteiger charge is 2.60. The third kappa shape index (κ3) is 2.61. The molecule has 0 aromatic rings. The van der Waals surface area contributed by atoms with Crippen molar-refractivity contribution in [2.75, 3.05) is 12.9 Å². The van der Waals surface area contributed by atoms with Gasteiger partial charge in [0.1, 0.15) is 6.10 Å². The van der Waals surface area contributed by atoms with Crippen molar-refractivity contribution in [3.63, 3.8) is 0 Å². The minimum Gasteiger partial charge on any atom is -0.394 e. The van der Waals surface area contributed by atoms with Crippen LogP contribution in [0.1, 0.15) is 0 Å². The highest BCUT2D eigenvalue weighted by molar-refractivity contribution is 7.86. The van der Waals surface area contributed by atoms with Gasteiger partial charge in [-0.05, 0) is 0 Å². The molecule has 15 heavy (non-hydrogen) atoms. The fourth-order valence-electron chi connectivity index (χ4n) is 1.10. The van der Waals surface area contributed by atoms with Crippen LogP contribution in [0.15, 0.2) is 0 Å². The topological polar surface area (TPSA) is 93.1 Å². The Morgan fingerprint density at radius 3 is 2.40 bits per heavy atom. The van der Waals surface area contributed by atoms with Gasteiger partial charge in [-0.25, -0.2) is 4.18 Å². The predicted molar refractivity (Wildman–Crippen MR) is 42.6 cm³/mol. The second-order valence-electron chi connectivity index (χ2n) is 3.11. The molecule has 0 aromatic carbocycles. The second kappa shape index (κ2) is 3.91. The Morgan fingerprint density at radius 1 is 1.53 bits per heavy atom. The fraction of sp³-hybridized carbons (Fsp3) is 1.00. The van der Waals surface area contributed by atoms with E-state index >= 15 is 0 Å². The Labute approximate surface area is 84.5 Å². The second-order valence-corrected chi connectivity index (χ2v) is 4.71. The van der Waals surface area contributed by atoms with Gasteiger partial charge in [0.15, 0.2) is 6.10 Å². The van der Waals surface area contributed by atoms with E-state index in [-0.39, 0.29) is 0 Å². The van der Waals surface area contributed by atoms with E-state index in [9.17, 15) is 17.2 Å². The molecular weight excluding hydrogens is 238 g/mol. The average Bonchev–Trinajstić information content (AvgIpc) is 2.26. The molecule has 1 saturated heterocycles. The summed E-state index contributed by atoms with van der Waals surface area (Å²) in [6, 6.07) is 0. The van der Waals surface area contributed by atoms with E-state index in [2.05, 4.69) is 8.92 Å². The summed E-state index contributed by atoms with van der Waals surface area (Å²) >= 11 is 0. The summed E-state index contributed by atoms with van der Waals surface area (Å²) in [7, 11) is -4.13. The maximum Gasteiger partial charge on any atom is 0.326 e. The van der Waals surface area contributed by atoms with Gasteiger partial charge < -0.3 is 14.9 Å². The number of halogens is 2. The van der Waals surface area contributed by atoms with E-state index in [1.54, 1.807) is 0 Å². The molecule has 1 rings (SSSR count). The molecule has 1 aliphatic heterocycles. The van der Waals surface area contributed by atoms with Gasteiger partial charge in [0.2, 0.25) is 6.29 Å². The SMILES string of the molecule is CS(=O)(=O)O[C@H]1O[C@H](CO)[C@@H](O)C1(F)F. The van der Waals surface area contributed by atoms with Crippen LogP contribution >= 0.6 is 0 Å². The van der Waals surface area contributed by atoms with Crippen molar-refractivity contribution >= 4 is 10.1 Å². The lowest BCUT2D eigenvalue weighted by atomic mass is 10.1. The Hall–Kier alpha value is -0.350. The number of aliphatic hydroxyl groups is 2. The van der Waals surface area contributed by atoms with Crippen LogP contribution in [0.25, 0.3) is 0 Å². The minimum absolute atomic E-state index is 0.574. The van der Waals surface area contributed by atoms with Gasteiger partial charge in [-0.15, -0.1) is 0 Å². The Bertz CT molecular complexity index is 329. The first kappa shape index (κ1) is 12.7. The van der Waals surface area contributed by atoms with Crippen molar-refractivity contribution < 1.29 is 36.3 Å². The van der Waals surface area contributed by atoms with Crippen LogP contribution in [-0.4, -0.2) is 55.9 Å². The van der Waals surface area contributed by atoms with Crippen molar-refractivity contribution in [1.29, 1.82) is 0 Å². The molecule has 0 saturated carbocycles. The largest absolute Gasteiger partial charge is 0.394 e. The number of alkyl halides is 2. The summed E-state index contributed by atoms with van der Waals surface area (Å²) < 4.78 is 55.7. The first-order valence-corrected chi connectivity index (χ1v) is 5.70. The summed E-state index contributed by atoms with van der Waals surface area (Å²) in [5.74, 6) is -3.88. The molecule has 0 spiro atoms. The Morgan fingerprint density at radius 2 is 2.07 bits per heavy atom. The van der Waals surface area contributed by atoms with Crippen LogP contribution in [0.4, 0.5) is 8.78 Å². The maximum atomic E-state index is 13.1. The van der Waals surface area contributed by atoms with Gasteiger partial charge in [0.05, 0.1) is 12.9 Å². The number of ether oxygens (including phenoxy) is 1. The van der Waals surface area contributed by atoms with E-state index in [0.29, 0.717) is 6.26 Å². The van der Waals surface area contributed by atoms with Crippen LogP contribution < -0.4 is 0 Å². The molecule has 2 N–H and O–H groups in total. The summed E-state index contributed by atoms with van der Waals surface area (Å²) in [5.41, 5.74) is 0. The molecule has 0 bridgehead atoms. The maximum absolute atomic E-state index is 13.1. The molecule has 1 fully saturated rings. The van der Waals surface area contributed by atoms with Gasteiger partial charge in [-0.1, -0.05) is 0 Å². The lowest BCUT2D eigenvalue weighted by Gasteiger charge is -2.18. The number of hydrogen-bond acceptors (Lipinski definition) is 6. The van der Waals surface area contributed by atoms with E-state index in [1.165, 1.54) is 0 Å². The first-order chi connectivity index (χ1) is 6.68. The van der Waals surface area contributed by atoms with Gasteiger partial charge in [-0.3, -0.25) is 0 Å². The lowest BCUT2D eigenvalue weighted by Crippen LogP contribution is -2.42. The molecule has 0 unspecified atom stereocenters. The first-order valence-electron chi connectivity index (χ1n) is 3.89. The van der Waals surface area contributed by atoms with Crippen molar-refractivity contribution in [2.24, 2.45) is 0 Å². The molecular formula is C6H10F2O6S. The summed E-state index contributed by atoms with van der Waals surface area (Å²) in [6.07, 6.45) is -5.69. The van der Waals surface area contributed by atoms with E-state index in [4.69, 9.17) is 10.2 Å². The summed E-state index contributed by atoms with van der Waals surface area (Å²) in [4.78, 5) is 0. The molecule has 9 heteroatoms. The normalized spacial score (nSPS) is 35.7. The van der Waals surface area contributed by atoms with Crippen molar-refractivity contribution in [3.05, 3.63) is 0 Å². The van der Waals surface area contributed by atoms with Crippen LogP contribution in [-0.2, 0) is 19.0 Å². The van der Waals surface area contributed by atoms with E-state index in [0.717, 1.165) is 0 Å². The monoisotopic (exact) mass is 248 g/mol. The third-order valence-electron chi connectivity index (χ3n) is 1.80. The molecule has 0 radical (unpaired) electrons. The van der Waals surface area contributed by atoms with Gasteiger partial charge >= 0.3 is 5.92 Å². The van der Waals surface area contributed by atoms with Crippen LogP contribution in [0.2, 0.25) is 0 Å². The smallest absolute Gasteiger partial charge is 0.326 e. The van der Waals surface area contributed by atoms with Gasteiger partial charge in [0, 0.05) is 0 Å². The minimum atomic E-state index is -4.13. The van der Waals surface area contributed by atoms with Crippen molar-refractivity contribution in [3.8, 4) is 0 Å². The summed E-state index contributed by atoms with van der Waals surface area (Å²) in [6.45, 7) is -0.861. The van der Waals surface area contributed by atoms with Gasteiger partial charge in [-0.2, -0.15) is 17.2 Å². The number of hydrogen-bond donors (Lipinski definition) is 2. The molecule has 0 aromatic heterocycles. The van der Waals surface area contributed by atoms with Gasteiger partial charge in [0.25, 0.3) is 10.1 Å². The standard InChI is InChI=1S/C6H10F2O6S/c1-15(11,12)14-5-6(7,8)4(10)3(2-9)13-5/h3-5,9-10H,2H2,1H3/t3-,4-,5-/m1/s1. The average molecular weight is 248 g/mol. The van der Waals surface area contributed by atoms with Crippen LogP contribution in [0.3, 0.4) is 0 Å². The van der Waals surface area contributed by atoms with Crippen molar-refractivity contribution in [1.82, 2.24) is 0 Å². The predicted octanol–water partition coefficient (Wildman–Crippen LogP) is -1.32. The molecule has 0 aliphatic carbocycles. The molecule has 6 nitrogen and oxygen atoms in total. The Kier molecular flexibility index (Phi) is 3.31. The quantitative estimate of drug-likeness (QED) is 0.601. The zero-order valence-corrected chi connectivity index (χ0v) is 8.45. The number of rotatable bonds is 3. The van der Waals surface area contributed by atoms with Crippen LogP contribution in [0.5, 0.6) is 0 Å². The lowest BCUT2D eigenvalue weighted by molar-refractivity contribution is -0.182. The zero-order chi connectivity index (χ0) is 11.9. The Balaban J connectivity index is 2.84. The molecule has 1 aliphatic rings. The summed E-state index contributed by atoms with van der Waals surface area (Å²) in [5, 5.41) is 17.5. The molecule has 3 atom stereocenters. The highest BCUT2D eigenvalue weighted by Crippen LogP contribution is 2.37. The van der Waals surface area contributed by atoms with Crippen molar-refractivity contribution in [2.45, 2.75) is 24.4 Å². The fourth-order valence-corrected chi connectivity index (χ4v) is 1.59. The molecule has 0 amide bonds. The zero-order valence-electron chi connectivity index (χ0n) is 7.63. The molecule has 1 heterocycles. The van der Waals surface area contributed by atoms with Crippen LogP contribution in [0, 0.1) is 0 Å². The van der Waals surface area contributed by atoms with E-state index < -0.39 is 41.1 Å². The molecule has 90 valence electrons. The number of aliphatic hydroxyl groups excluding tert-OH is 2. The van der Waals surface area contributed by atoms with E-state index in [1.807, 2.05) is 0 Å². The highest BCUT2D eigenvalue weighted by atomic mass is 32.2.